The van der Waals surface area contributed by atoms with Gasteiger partial charge in [-0.15, -0.1) is 11.3 Å². The topological polar surface area (TPSA) is 6.48 Å². The largest absolute Gasteiger partial charge is 0.311 e. The molecule has 4 heteroatoms. The maximum absolute atomic E-state index is 2.78. The number of anilines is 6. The van der Waals surface area contributed by atoms with Crippen LogP contribution in [0.25, 0.3) is 42.4 Å². The lowest BCUT2D eigenvalue weighted by atomic mass is 9.30. The van der Waals surface area contributed by atoms with Crippen LogP contribution in [0.5, 0.6) is 0 Å². The Labute approximate surface area is 479 Å². The van der Waals surface area contributed by atoms with E-state index < -0.39 is 0 Å². The number of benzene rings is 9. The second kappa shape index (κ2) is 17.4. The second-order valence-electron chi connectivity index (χ2n) is 27.5. The highest BCUT2D eigenvalue weighted by Gasteiger charge is 2.62. The molecule has 0 bridgehead atoms. The van der Waals surface area contributed by atoms with E-state index in [-0.39, 0.29) is 33.8 Å². The van der Waals surface area contributed by atoms with Crippen LogP contribution in [0, 0.1) is 12.3 Å². The molecule has 1 fully saturated rings. The fourth-order valence-electron chi connectivity index (χ4n) is 16.4. The molecule has 396 valence electrons. The number of thiophene rings is 1. The highest BCUT2D eigenvalue weighted by atomic mass is 32.1. The molecule has 3 unspecified atom stereocenters. The highest BCUT2D eigenvalue weighted by Crippen LogP contribution is 2.68. The van der Waals surface area contributed by atoms with Gasteiger partial charge in [-0.3, -0.25) is 0 Å². The first kappa shape index (κ1) is 49.9. The molecule has 0 saturated heterocycles. The van der Waals surface area contributed by atoms with Crippen LogP contribution < -0.4 is 26.2 Å². The first-order chi connectivity index (χ1) is 38.4. The molecule has 9 aromatic carbocycles. The molecule has 2 aliphatic heterocycles. The standard InChI is InChI=1S/C76H73BN2S/c1-47-40-56-70-69-59(75(9)36-19-20-37-76(70,75)10)42-50(48-22-13-11-14-23-48)43-61(69)77-60-35-34-53(78(52-32-30-51(31-33-52)72(2,3)4)62-27-21-29-67-68(62)54-26-17-18-28-66(54)80-67)44-64(60)79(65(41-47)71(56)77)63-46-58-57(73(5,6)38-39-74(58,7)8)45-55(63)49-24-15-12-16-25-49/h11-18,21-35,40-46,70H,19-20,36-39H2,1-10H3. The van der Waals surface area contributed by atoms with Crippen LogP contribution >= 0.6 is 11.3 Å². The van der Waals surface area contributed by atoms with E-state index in [1.807, 2.05) is 11.3 Å². The van der Waals surface area contributed by atoms with Crippen molar-refractivity contribution in [3.8, 4) is 22.3 Å². The van der Waals surface area contributed by atoms with Gasteiger partial charge < -0.3 is 9.80 Å². The summed E-state index contributed by atoms with van der Waals surface area (Å²) in [5.74, 6) is 0.291. The van der Waals surface area contributed by atoms with Gasteiger partial charge in [0.25, 0.3) is 0 Å². The summed E-state index contributed by atoms with van der Waals surface area (Å²) in [6, 6.07) is 71.5. The van der Waals surface area contributed by atoms with E-state index in [0.29, 0.717) is 5.92 Å². The molecule has 2 nitrogen and oxygen atoms in total. The molecular weight excluding hydrogens is 984 g/mol. The molecule has 10 aromatic rings. The maximum Gasteiger partial charge on any atom is 0.247 e. The summed E-state index contributed by atoms with van der Waals surface area (Å²) in [6.45, 7) is 24.7. The molecule has 5 aliphatic rings. The molecule has 0 amide bonds. The minimum Gasteiger partial charge on any atom is -0.311 e. The highest BCUT2D eigenvalue weighted by molar-refractivity contribution is 7.26. The quantitative estimate of drug-likeness (QED) is 0.153. The Hall–Kier alpha value is -7.14. The maximum atomic E-state index is 2.78. The monoisotopic (exact) mass is 1060 g/mol. The van der Waals surface area contributed by atoms with Gasteiger partial charge in [-0.05, 0) is 187 Å². The van der Waals surface area contributed by atoms with Crippen molar-refractivity contribution < 1.29 is 0 Å². The van der Waals surface area contributed by atoms with Gasteiger partial charge in [0, 0.05) is 54.4 Å². The Morgan fingerprint density at radius 1 is 0.537 bits per heavy atom. The van der Waals surface area contributed by atoms with Crippen LogP contribution in [0.1, 0.15) is 146 Å². The van der Waals surface area contributed by atoms with Gasteiger partial charge in [0.2, 0.25) is 6.71 Å². The average molecular weight is 1060 g/mol. The Kier molecular flexibility index (Phi) is 10.9. The van der Waals surface area contributed by atoms with Crippen LogP contribution in [0.4, 0.5) is 34.1 Å². The molecule has 15 rings (SSSR count). The molecule has 80 heavy (non-hydrogen) atoms. The van der Waals surface area contributed by atoms with Gasteiger partial charge in [-0.25, -0.2) is 0 Å². The first-order valence-electron chi connectivity index (χ1n) is 29.8. The Morgan fingerprint density at radius 2 is 1.20 bits per heavy atom. The third-order valence-corrected chi connectivity index (χ3v) is 22.1. The van der Waals surface area contributed by atoms with Gasteiger partial charge in [0.05, 0.1) is 11.4 Å². The predicted octanol–water partition coefficient (Wildman–Crippen LogP) is 19.4. The Balaban J connectivity index is 1.07. The number of aryl methyl sites for hydroxylation is 1. The fourth-order valence-corrected chi connectivity index (χ4v) is 17.5. The van der Waals surface area contributed by atoms with Gasteiger partial charge >= 0.3 is 0 Å². The molecule has 3 atom stereocenters. The summed E-state index contributed by atoms with van der Waals surface area (Å²) in [5, 5.41) is 2.60. The molecule has 0 N–H and O–H groups in total. The van der Waals surface area contributed by atoms with E-state index in [1.165, 1.54) is 130 Å². The van der Waals surface area contributed by atoms with Gasteiger partial charge in [-0.2, -0.15) is 0 Å². The number of fused-ring (bicyclic) bond motifs is 11. The normalized spacial score (nSPS) is 20.9. The lowest BCUT2D eigenvalue weighted by Crippen LogP contribution is -2.62. The van der Waals surface area contributed by atoms with E-state index in [0.717, 1.165) is 24.2 Å². The van der Waals surface area contributed by atoms with Crippen molar-refractivity contribution in [1.29, 1.82) is 0 Å². The SMILES string of the molecule is Cc1cc2c3c(c1)N(c1cc4c(cc1-c1ccccc1)C(C)(C)CCC4(C)C)c1cc(N(c4ccc(C(C)(C)C)cc4)c4cccc5sc6ccccc6c45)ccc1B3c1cc(-c3ccccc3)cc3c1C2C1(C)CCCCC31C. The second-order valence-corrected chi connectivity index (χ2v) is 28.6. The van der Waals surface area contributed by atoms with Crippen molar-refractivity contribution in [3.05, 3.63) is 221 Å². The molecular formula is C76H73BN2S. The van der Waals surface area contributed by atoms with Crippen molar-refractivity contribution in [2.24, 2.45) is 5.41 Å². The summed E-state index contributed by atoms with van der Waals surface area (Å²) in [7, 11) is 0. The van der Waals surface area contributed by atoms with Gasteiger partial charge in [0.15, 0.2) is 0 Å². The van der Waals surface area contributed by atoms with Crippen LogP contribution in [0.3, 0.4) is 0 Å². The zero-order valence-electron chi connectivity index (χ0n) is 48.5. The minimum absolute atomic E-state index is 0.00504. The molecule has 1 aromatic heterocycles. The number of nitrogens with zero attached hydrogens (tertiary/aromatic N) is 2. The zero-order valence-corrected chi connectivity index (χ0v) is 49.3. The first-order valence-corrected chi connectivity index (χ1v) is 30.6. The Morgan fingerprint density at radius 3 is 1.94 bits per heavy atom. The van der Waals surface area contributed by atoms with Crippen molar-refractivity contribution in [2.75, 3.05) is 9.80 Å². The third kappa shape index (κ3) is 7.16. The summed E-state index contributed by atoms with van der Waals surface area (Å²) in [6.07, 6.45) is 7.30. The average Bonchev–Trinajstić information content (AvgIpc) is 4.15. The zero-order chi connectivity index (χ0) is 54.8. The smallest absolute Gasteiger partial charge is 0.247 e. The molecule has 0 radical (unpaired) electrons. The van der Waals surface area contributed by atoms with Crippen molar-refractivity contribution >= 4 is 88.7 Å². The van der Waals surface area contributed by atoms with Gasteiger partial charge in [0.1, 0.15) is 0 Å². The summed E-state index contributed by atoms with van der Waals surface area (Å²) < 4.78 is 2.61. The number of hydrogen-bond acceptors (Lipinski definition) is 3. The predicted molar refractivity (Wildman–Crippen MR) is 345 cm³/mol. The fraction of sp³-hybridized carbons (Fsp3) is 0.289. The minimum atomic E-state index is -0.00504. The van der Waals surface area contributed by atoms with Crippen molar-refractivity contribution in [2.45, 2.75) is 135 Å². The van der Waals surface area contributed by atoms with E-state index >= 15 is 0 Å². The van der Waals surface area contributed by atoms with Crippen LogP contribution in [0.15, 0.2) is 182 Å². The molecule has 0 spiro atoms. The van der Waals surface area contributed by atoms with Crippen LogP contribution in [0.2, 0.25) is 0 Å². The van der Waals surface area contributed by atoms with Crippen LogP contribution in [-0.2, 0) is 21.7 Å². The number of rotatable bonds is 6. The lowest BCUT2D eigenvalue weighted by Gasteiger charge is -2.51. The Bertz CT molecular complexity index is 4180. The van der Waals surface area contributed by atoms with E-state index in [2.05, 4.69) is 261 Å². The molecule has 1 saturated carbocycles. The molecule has 3 aliphatic carbocycles. The van der Waals surface area contributed by atoms with Crippen LogP contribution in [-0.4, -0.2) is 6.71 Å². The summed E-state index contributed by atoms with van der Waals surface area (Å²) >= 11 is 1.90. The molecule has 3 heterocycles. The lowest BCUT2D eigenvalue weighted by molar-refractivity contribution is 0.0926. The van der Waals surface area contributed by atoms with E-state index in [1.54, 1.807) is 16.7 Å². The van der Waals surface area contributed by atoms with Crippen molar-refractivity contribution in [1.82, 2.24) is 0 Å². The number of hydrogen-bond donors (Lipinski definition) is 0. The van der Waals surface area contributed by atoms with E-state index in [4.69, 9.17) is 0 Å². The summed E-state index contributed by atoms with van der Waals surface area (Å²) in [4.78, 5) is 5.37. The summed E-state index contributed by atoms with van der Waals surface area (Å²) in [5.41, 5.74) is 27.5. The third-order valence-electron chi connectivity index (χ3n) is 20.9. The van der Waals surface area contributed by atoms with E-state index in [9.17, 15) is 0 Å². The van der Waals surface area contributed by atoms with Crippen molar-refractivity contribution in [3.63, 3.8) is 0 Å². The van der Waals surface area contributed by atoms with Gasteiger partial charge in [-0.1, -0.05) is 202 Å².